The van der Waals surface area contributed by atoms with Crippen LogP contribution in [0.25, 0.3) is 0 Å². The Balaban J connectivity index is 2.35. The highest BCUT2D eigenvalue weighted by molar-refractivity contribution is 9.10. The van der Waals surface area contributed by atoms with E-state index in [0.29, 0.717) is 21.7 Å². The highest BCUT2D eigenvalue weighted by Crippen LogP contribution is 2.27. The maximum atomic E-state index is 12.4. The summed E-state index contributed by atoms with van der Waals surface area (Å²) in [6.45, 7) is 2.18. The molecule has 0 heterocycles. The molecule has 0 amide bonds. The lowest BCUT2D eigenvalue weighted by Gasteiger charge is -2.11. The van der Waals surface area contributed by atoms with E-state index in [2.05, 4.69) is 20.7 Å². The number of rotatable bonds is 4. The molecule has 0 unspecified atom stereocenters. The smallest absolute Gasteiger partial charge is 0.261 e. The summed E-state index contributed by atoms with van der Waals surface area (Å²) in [7, 11) is -3.66. The third kappa shape index (κ3) is 3.77. The van der Waals surface area contributed by atoms with E-state index in [1.807, 2.05) is 6.92 Å². The maximum Gasteiger partial charge on any atom is 0.261 e. The van der Waals surface area contributed by atoms with Crippen LogP contribution in [-0.4, -0.2) is 8.42 Å². The van der Waals surface area contributed by atoms with Crippen molar-refractivity contribution in [1.82, 2.24) is 0 Å². The number of nitrogens with one attached hydrogen (secondary N) is 1. The van der Waals surface area contributed by atoms with Crippen molar-refractivity contribution in [2.45, 2.75) is 18.4 Å². The van der Waals surface area contributed by atoms with Crippen molar-refractivity contribution < 1.29 is 8.42 Å². The predicted octanol–water partition coefficient (Wildman–Crippen LogP) is 3.67. The van der Waals surface area contributed by atoms with Gasteiger partial charge in [-0.05, 0) is 64.3 Å². The van der Waals surface area contributed by atoms with Gasteiger partial charge in [0.1, 0.15) is 0 Å². The maximum absolute atomic E-state index is 12.4. The number of anilines is 1. The van der Waals surface area contributed by atoms with E-state index in [1.165, 1.54) is 0 Å². The van der Waals surface area contributed by atoms with Crippen LogP contribution in [0.4, 0.5) is 5.69 Å². The van der Waals surface area contributed by atoms with Gasteiger partial charge in [0.2, 0.25) is 0 Å². The molecule has 0 atom stereocenters. The van der Waals surface area contributed by atoms with Crippen LogP contribution in [0.3, 0.4) is 0 Å². The first-order valence-electron chi connectivity index (χ1n) is 6.11. The van der Waals surface area contributed by atoms with Crippen molar-refractivity contribution in [1.29, 1.82) is 0 Å². The molecule has 0 aromatic heterocycles. The Morgan fingerprint density at radius 2 is 1.95 bits per heavy atom. The first-order chi connectivity index (χ1) is 9.83. The fourth-order valence-electron chi connectivity index (χ4n) is 1.81. The van der Waals surface area contributed by atoms with E-state index < -0.39 is 10.0 Å². The van der Waals surface area contributed by atoms with Crippen molar-refractivity contribution >= 4 is 43.2 Å². The fraction of sp³-hybridized carbons (Fsp3) is 0.143. The van der Waals surface area contributed by atoms with Crippen LogP contribution in [0.5, 0.6) is 0 Å². The molecule has 21 heavy (non-hydrogen) atoms. The Hall–Kier alpha value is -1.08. The number of benzene rings is 2. The van der Waals surface area contributed by atoms with Gasteiger partial charge in [0.25, 0.3) is 10.0 Å². The Morgan fingerprint density at radius 1 is 1.24 bits per heavy atom. The predicted molar refractivity (Wildman–Crippen MR) is 89.0 cm³/mol. The van der Waals surface area contributed by atoms with Gasteiger partial charge < -0.3 is 5.73 Å². The molecular formula is C14H14BrClN2O2S. The fourth-order valence-corrected chi connectivity index (χ4v) is 3.40. The molecule has 0 saturated carbocycles. The van der Waals surface area contributed by atoms with Crippen LogP contribution < -0.4 is 10.5 Å². The molecule has 0 bridgehead atoms. The zero-order valence-corrected chi connectivity index (χ0v) is 14.4. The van der Waals surface area contributed by atoms with Gasteiger partial charge >= 0.3 is 0 Å². The second-order valence-corrected chi connectivity index (χ2v) is 7.47. The SMILES string of the molecule is Cc1ccc(S(=O)(=O)Nc2ccc(Cl)c(Br)c2)cc1CN. The zero-order valence-electron chi connectivity index (χ0n) is 11.2. The molecule has 0 fully saturated rings. The normalized spacial score (nSPS) is 11.4. The van der Waals surface area contributed by atoms with Crippen LogP contribution in [-0.2, 0) is 16.6 Å². The lowest BCUT2D eigenvalue weighted by molar-refractivity contribution is 0.601. The molecule has 0 saturated heterocycles. The van der Waals surface area contributed by atoms with Crippen LogP contribution in [0, 0.1) is 6.92 Å². The molecule has 4 nitrogen and oxygen atoms in total. The van der Waals surface area contributed by atoms with E-state index >= 15 is 0 Å². The van der Waals surface area contributed by atoms with Crippen LogP contribution in [0.2, 0.25) is 5.02 Å². The summed E-state index contributed by atoms with van der Waals surface area (Å²) in [4.78, 5) is 0.180. The first kappa shape index (κ1) is 16.3. The number of halogens is 2. The van der Waals surface area contributed by atoms with E-state index in [1.54, 1.807) is 36.4 Å². The Bertz CT molecular complexity index is 779. The third-order valence-electron chi connectivity index (χ3n) is 3.02. The van der Waals surface area contributed by atoms with Gasteiger partial charge in [-0.25, -0.2) is 8.42 Å². The summed E-state index contributed by atoms with van der Waals surface area (Å²) in [5, 5.41) is 0.513. The molecule has 0 spiro atoms. The number of hydrogen-bond donors (Lipinski definition) is 2. The Kier molecular flexibility index (Phi) is 4.93. The summed E-state index contributed by atoms with van der Waals surface area (Å²) in [6, 6.07) is 9.71. The first-order valence-corrected chi connectivity index (χ1v) is 8.76. The van der Waals surface area contributed by atoms with E-state index in [4.69, 9.17) is 17.3 Å². The van der Waals surface area contributed by atoms with Gasteiger partial charge in [0, 0.05) is 11.0 Å². The topological polar surface area (TPSA) is 72.2 Å². The van der Waals surface area contributed by atoms with E-state index in [9.17, 15) is 8.42 Å². The summed E-state index contributed by atoms with van der Waals surface area (Å²) >= 11 is 9.15. The van der Waals surface area contributed by atoms with Gasteiger partial charge in [-0.15, -0.1) is 0 Å². The zero-order chi connectivity index (χ0) is 15.6. The van der Waals surface area contributed by atoms with Gasteiger partial charge in [-0.1, -0.05) is 17.7 Å². The molecule has 3 N–H and O–H groups in total. The number of hydrogen-bond acceptors (Lipinski definition) is 3. The van der Waals surface area contributed by atoms with Crippen LogP contribution in [0.1, 0.15) is 11.1 Å². The number of aryl methyl sites for hydroxylation is 1. The summed E-state index contributed by atoms with van der Waals surface area (Å²) in [5.41, 5.74) is 7.81. The second-order valence-electron chi connectivity index (χ2n) is 4.53. The summed E-state index contributed by atoms with van der Waals surface area (Å²) in [5.74, 6) is 0. The third-order valence-corrected chi connectivity index (χ3v) is 5.62. The quantitative estimate of drug-likeness (QED) is 0.838. The van der Waals surface area contributed by atoms with E-state index in [0.717, 1.165) is 11.1 Å². The minimum atomic E-state index is -3.66. The average Bonchev–Trinajstić information content (AvgIpc) is 2.43. The Morgan fingerprint density at radius 3 is 2.57 bits per heavy atom. The molecule has 0 aliphatic rings. The molecule has 0 aliphatic heterocycles. The minimum absolute atomic E-state index is 0.180. The molecule has 2 rings (SSSR count). The van der Waals surface area contributed by atoms with Gasteiger partial charge in [0.05, 0.1) is 15.6 Å². The standard InChI is InChI=1S/C14H14BrClN2O2S/c1-9-2-4-12(6-10(9)8-17)21(19,20)18-11-3-5-14(16)13(15)7-11/h2-7,18H,8,17H2,1H3. The molecule has 0 radical (unpaired) electrons. The molecule has 0 aliphatic carbocycles. The van der Waals surface area contributed by atoms with Gasteiger partial charge in [0.15, 0.2) is 0 Å². The molecular weight excluding hydrogens is 376 g/mol. The molecule has 112 valence electrons. The highest BCUT2D eigenvalue weighted by atomic mass is 79.9. The van der Waals surface area contributed by atoms with Crippen molar-refractivity contribution in [3.05, 3.63) is 57.0 Å². The van der Waals surface area contributed by atoms with Crippen molar-refractivity contribution in [3.8, 4) is 0 Å². The number of nitrogens with two attached hydrogens (primary N) is 1. The van der Waals surface area contributed by atoms with Gasteiger partial charge in [-0.2, -0.15) is 0 Å². The monoisotopic (exact) mass is 388 g/mol. The van der Waals surface area contributed by atoms with Crippen molar-refractivity contribution in [2.75, 3.05) is 4.72 Å². The van der Waals surface area contributed by atoms with E-state index in [-0.39, 0.29) is 4.90 Å². The van der Waals surface area contributed by atoms with Gasteiger partial charge in [-0.3, -0.25) is 4.72 Å². The summed E-state index contributed by atoms with van der Waals surface area (Å²) in [6.07, 6.45) is 0. The number of sulfonamides is 1. The molecule has 2 aromatic rings. The van der Waals surface area contributed by atoms with Crippen LogP contribution in [0.15, 0.2) is 45.8 Å². The molecule has 2 aromatic carbocycles. The lowest BCUT2D eigenvalue weighted by Crippen LogP contribution is -2.14. The second kappa shape index (κ2) is 6.36. The van der Waals surface area contributed by atoms with Crippen molar-refractivity contribution in [2.24, 2.45) is 5.73 Å². The Labute approximate surface area is 137 Å². The largest absolute Gasteiger partial charge is 0.326 e. The average molecular weight is 390 g/mol. The lowest BCUT2D eigenvalue weighted by atomic mass is 10.1. The van der Waals surface area contributed by atoms with Crippen LogP contribution >= 0.6 is 27.5 Å². The minimum Gasteiger partial charge on any atom is -0.326 e. The molecule has 7 heteroatoms. The van der Waals surface area contributed by atoms with Crippen molar-refractivity contribution in [3.63, 3.8) is 0 Å². The highest BCUT2D eigenvalue weighted by Gasteiger charge is 2.15. The summed E-state index contributed by atoms with van der Waals surface area (Å²) < 4.78 is 27.9.